The van der Waals surface area contributed by atoms with Crippen LogP contribution in [0.1, 0.15) is 60.3 Å². The van der Waals surface area contributed by atoms with Crippen LogP contribution in [-0.4, -0.2) is 18.6 Å². The molecule has 1 heterocycles. The number of rotatable bonds is 8. The van der Waals surface area contributed by atoms with Crippen LogP contribution in [0.2, 0.25) is 0 Å². The van der Waals surface area contributed by atoms with Crippen LogP contribution in [-0.2, 0) is 0 Å². The number of hydrogen-bond acceptors (Lipinski definition) is 3. The molecule has 0 aromatic carbocycles. The van der Waals surface area contributed by atoms with Gasteiger partial charge < -0.3 is 11.1 Å². The van der Waals surface area contributed by atoms with Gasteiger partial charge in [-0.1, -0.05) is 33.4 Å². The molecule has 0 radical (unpaired) electrons. The fourth-order valence-corrected chi connectivity index (χ4v) is 3.12. The van der Waals surface area contributed by atoms with Gasteiger partial charge in [-0.05, 0) is 62.6 Å². The molecule has 0 fully saturated rings. The van der Waals surface area contributed by atoms with Crippen LogP contribution in [0, 0.1) is 0 Å². The lowest BCUT2D eigenvalue weighted by atomic mass is 9.91. The number of nitrogens with zero attached hydrogens (tertiary/aromatic N) is 2. The molecule has 26 heavy (non-hydrogen) atoms. The van der Waals surface area contributed by atoms with Crippen molar-refractivity contribution < 1.29 is 0 Å². The molecule has 0 spiro atoms. The molecule has 1 aliphatic rings. The highest BCUT2D eigenvalue weighted by Gasteiger charge is 2.18. The molecule has 0 bridgehead atoms. The van der Waals surface area contributed by atoms with Crippen LogP contribution < -0.4 is 11.1 Å². The van der Waals surface area contributed by atoms with E-state index in [9.17, 15) is 0 Å². The van der Waals surface area contributed by atoms with Crippen LogP contribution in [0.4, 0.5) is 0 Å². The van der Waals surface area contributed by atoms with Gasteiger partial charge in [0.25, 0.3) is 0 Å². The zero-order valence-corrected chi connectivity index (χ0v) is 17.0. The van der Waals surface area contributed by atoms with Crippen LogP contribution in [0.5, 0.6) is 0 Å². The molecule has 0 amide bonds. The summed E-state index contributed by atoms with van der Waals surface area (Å²) in [5.41, 5.74) is 12.4. The smallest absolute Gasteiger partial charge is 0.155 e. The zero-order valence-electron chi connectivity index (χ0n) is 17.0. The van der Waals surface area contributed by atoms with E-state index in [0.717, 1.165) is 48.2 Å². The normalized spacial score (nSPS) is 16.8. The van der Waals surface area contributed by atoms with Gasteiger partial charge in [0.1, 0.15) is 0 Å². The van der Waals surface area contributed by atoms with Gasteiger partial charge in [-0.2, -0.15) is 0 Å². The number of dihydropyridines is 1. The van der Waals surface area contributed by atoms with E-state index < -0.39 is 0 Å². The Bertz CT molecular complexity index is 683. The van der Waals surface area contributed by atoms with Crippen molar-refractivity contribution >= 4 is 12.6 Å². The highest BCUT2D eigenvalue weighted by molar-refractivity contribution is 6.04. The third-order valence-corrected chi connectivity index (χ3v) is 4.59. The molecule has 0 unspecified atom stereocenters. The van der Waals surface area contributed by atoms with Gasteiger partial charge in [-0.15, -0.1) is 0 Å². The second-order valence-corrected chi connectivity index (χ2v) is 6.57. The molecule has 0 aromatic heterocycles. The van der Waals surface area contributed by atoms with E-state index in [4.69, 9.17) is 10.7 Å². The maximum Gasteiger partial charge on any atom is 0.155 e. The first-order chi connectivity index (χ1) is 12.4. The number of nitrogens with two attached hydrogens (primary N) is 1. The molecule has 4 heteroatoms. The summed E-state index contributed by atoms with van der Waals surface area (Å²) < 4.78 is 0. The number of nitrogens with one attached hydrogen (secondary N) is 1. The van der Waals surface area contributed by atoms with Gasteiger partial charge in [0, 0.05) is 29.6 Å². The minimum atomic E-state index is 0.228. The predicted molar refractivity (Wildman–Crippen MR) is 115 cm³/mol. The van der Waals surface area contributed by atoms with Crippen LogP contribution in [0.25, 0.3) is 0 Å². The van der Waals surface area contributed by atoms with Crippen molar-refractivity contribution in [3.63, 3.8) is 0 Å². The Kier molecular flexibility index (Phi) is 8.83. The average molecular weight is 355 g/mol. The van der Waals surface area contributed by atoms with Crippen molar-refractivity contribution in [1.82, 2.24) is 5.32 Å². The van der Waals surface area contributed by atoms with Gasteiger partial charge in [-0.25, -0.2) is 4.99 Å². The van der Waals surface area contributed by atoms with E-state index in [1.807, 2.05) is 6.92 Å². The summed E-state index contributed by atoms with van der Waals surface area (Å²) in [5, 5.41) is 3.32. The Morgan fingerprint density at radius 3 is 2.38 bits per heavy atom. The van der Waals surface area contributed by atoms with Crippen molar-refractivity contribution in [3.8, 4) is 0 Å². The van der Waals surface area contributed by atoms with Gasteiger partial charge in [-0.3, -0.25) is 4.99 Å². The lowest BCUT2D eigenvalue weighted by molar-refractivity contribution is 0.631. The van der Waals surface area contributed by atoms with E-state index in [1.54, 1.807) is 6.20 Å². The quantitative estimate of drug-likeness (QED) is 0.358. The third-order valence-electron chi connectivity index (χ3n) is 4.59. The molecule has 0 saturated heterocycles. The summed E-state index contributed by atoms with van der Waals surface area (Å²) >= 11 is 0. The molecule has 4 nitrogen and oxygen atoms in total. The highest BCUT2D eigenvalue weighted by Crippen LogP contribution is 2.30. The highest BCUT2D eigenvalue weighted by atomic mass is 14.9. The first-order valence-corrected chi connectivity index (χ1v) is 9.42. The minimum absolute atomic E-state index is 0.228. The van der Waals surface area contributed by atoms with Gasteiger partial charge >= 0.3 is 0 Å². The Morgan fingerprint density at radius 2 is 1.92 bits per heavy atom. The number of aliphatic imine (C=N–C) groups is 2. The van der Waals surface area contributed by atoms with Crippen LogP contribution >= 0.6 is 0 Å². The number of allylic oxidation sites excluding steroid dienone is 5. The maximum absolute atomic E-state index is 6.00. The predicted octanol–water partition coefficient (Wildman–Crippen LogP) is 5.18. The molecule has 142 valence electrons. The summed E-state index contributed by atoms with van der Waals surface area (Å²) in [6.45, 7) is 18.4. The largest absolute Gasteiger partial charge is 0.404 e. The Labute approximate surface area is 159 Å². The third kappa shape index (κ3) is 5.58. The minimum Gasteiger partial charge on any atom is -0.404 e. The second kappa shape index (κ2) is 10.6. The van der Waals surface area contributed by atoms with Crippen molar-refractivity contribution in [1.29, 1.82) is 0 Å². The molecule has 1 aliphatic heterocycles. The number of amidine groups is 1. The monoisotopic (exact) mass is 354 g/mol. The van der Waals surface area contributed by atoms with E-state index in [1.165, 1.54) is 11.1 Å². The molecule has 0 atom stereocenters. The van der Waals surface area contributed by atoms with Gasteiger partial charge in [0.2, 0.25) is 0 Å². The second-order valence-electron chi connectivity index (χ2n) is 6.57. The SMILES string of the molecule is C=NC(=NC(CC)CC)C(=CN)/C(=C\CC)CC1=C(C)C=C(C)NC1=C. The summed E-state index contributed by atoms with van der Waals surface area (Å²) in [6.07, 6.45) is 9.51. The Hall–Kier alpha value is -2.36. The summed E-state index contributed by atoms with van der Waals surface area (Å²) in [6, 6.07) is 0.228. The fraction of sp³-hybridized carbons (Fsp3) is 0.455. The topological polar surface area (TPSA) is 62.8 Å². The van der Waals surface area contributed by atoms with E-state index in [2.05, 4.69) is 63.5 Å². The van der Waals surface area contributed by atoms with Crippen molar-refractivity contribution in [3.05, 3.63) is 58.6 Å². The first-order valence-electron chi connectivity index (χ1n) is 9.42. The fourth-order valence-electron chi connectivity index (χ4n) is 3.12. The molecule has 0 saturated carbocycles. The molecule has 0 aromatic rings. The van der Waals surface area contributed by atoms with E-state index >= 15 is 0 Å². The average Bonchev–Trinajstić information content (AvgIpc) is 2.61. The summed E-state index contributed by atoms with van der Waals surface area (Å²) in [7, 11) is 0. The van der Waals surface area contributed by atoms with Gasteiger partial charge in [0.15, 0.2) is 5.84 Å². The molecular formula is C22H34N4. The zero-order chi connectivity index (χ0) is 19.7. The molecule has 0 aliphatic carbocycles. The Morgan fingerprint density at radius 1 is 1.27 bits per heavy atom. The lowest BCUT2D eigenvalue weighted by Crippen LogP contribution is -2.18. The van der Waals surface area contributed by atoms with Crippen LogP contribution in [0.3, 0.4) is 0 Å². The first kappa shape index (κ1) is 21.7. The van der Waals surface area contributed by atoms with Crippen molar-refractivity contribution in [2.45, 2.75) is 66.3 Å². The molecular weight excluding hydrogens is 320 g/mol. The summed E-state index contributed by atoms with van der Waals surface area (Å²) in [4.78, 5) is 8.97. The van der Waals surface area contributed by atoms with Crippen molar-refractivity contribution in [2.24, 2.45) is 15.7 Å². The van der Waals surface area contributed by atoms with E-state index in [0.29, 0.717) is 5.84 Å². The standard InChI is InChI=1S/C22H34N4/c1-8-11-18(13-20-15(4)12-16(5)25-17(20)6)21(14-23)22(24-7)26-19(9-2)10-3/h11-12,14,19,25H,6-10,13,23H2,1-5H3/b18-11-,21-14?,26-22?. The molecule has 3 N–H and O–H groups in total. The maximum atomic E-state index is 6.00. The lowest BCUT2D eigenvalue weighted by Gasteiger charge is -2.23. The van der Waals surface area contributed by atoms with Crippen molar-refractivity contribution in [2.75, 3.05) is 0 Å². The Balaban J connectivity index is 3.30. The number of hydrogen-bond donors (Lipinski definition) is 2. The van der Waals surface area contributed by atoms with E-state index in [-0.39, 0.29) is 6.04 Å². The summed E-state index contributed by atoms with van der Waals surface area (Å²) in [5.74, 6) is 0.625. The van der Waals surface area contributed by atoms with Crippen LogP contribution in [0.15, 0.2) is 68.6 Å². The molecule has 1 rings (SSSR count). The van der Waals surface area contributed by atoms with Gasteiger partial charge in [0.05, 0.1) is 6.04 Å².